The van der Waals surface area contributed by atoms with Crippen LogP contribution < -0.4 is 0 Å². The lowest BCUT2D eigenvalue weighted by Gasteiger charge is -2.18. The van der Waals surface area contributed by atoms with Crippen LogP contribution in [0.1, 0.15) is 367 Å². The number of unbranched alkanes of at least 4 members (excludes halogenated alkanes) is 47. The Kier molecular flexibility index (Phi) is 59.1. The number of carbonyl (C=O) groups excluding carboxylic acids is 3. The molecule has 6 heteroatoms. The molecule has 0 saturated heterocycles. The van der Waals surface area contributed by atoms with Gasteiger partial charge in [0.15, 0.2) is 6.10 Å². The molecule has 0 aromatic rings. The molecule has 0 fully saturated rings. The Morgan fingerprint density at radius 2 is 0.465 bits per heavy atom. The van der Waals surface area contributed by atoms with Gasteiger partial charge in [-0.05, 0) is 44.9 Å². The van der Waals surface area contributed by atoms with E-state index in [1.807, 2.05) is 0 Å². The van der Waals surface area contributed by atoms with Crippen LogP contribution in [0.25, 0.3) is 0 Å². The first-order valence-corrected chi connectivity index (χ1v) is 32.2. The van der Waals surface area contributed by atoms with Crippen molar-refractivity contribution in [2.75, 3.05) is 13.2 Å². The summed E-state index contributed by atoms with van der Waals surface area (Å²) in [5, 5.41) is 0. The fourth-order valence-corrected chi connectivity index (χ4v) is 9.91. The topological polar surface area (TPSA) is 78.9 Å². The maximum atomic E-state index is 12.9. The summed E-state index contributed by atoms with van der Waals surface area (Å²) in [6.45, 7) is 6.72. The van der Waals surface area contributed by atoms with Crippen LogP contribution in [-0.4, -0.2) is 37.2 Å². The molecule has 6 nitrogen and oxygen atoms in total. The van der Waals surface area contributed by atoms with Crippen LogP contribution in [0.4, 0.5) is 0 Å². The minimum Gasteiger partial charge on any atom is -0.462 e. The van der Waals surface area contributed by atoms with Gasteiger partial charge in [-0.25, -0.2) is 0 Å². The van der Waals surface area contributed by atoms with Crippen molar-refractivity contribution in [3.05, 3.63) is 12.2 Å². The third-order valence-electron chi connectivity index (χ3n) is 14.8. The normalized spacial score (nSPS) is 12.0. The van der Waals surface area contributed by atoms with Gasteiger partial charge >= 0.3 is 17.9 Å². The van der Waals surface area contributed by atoms with Gasteiger partial charge in [0.05, 0.1) is 0 Å². The molecule has 71 heavy (non-hydrogen) atoms. The zero-order chi connectivity index (χ0) is 51.4. The van der Waals surface area contributed by atoms with Crippen LogP contribution in [0, 0.1) is 0 Å². The largest absolute Gasteiger partial charge is 0.462 e. The smallest absolute Gasteiger partial charge is 0.306 e. The fraction of sp³-hybridized carbons (Fsp3) is 0.923. The zero-order valence-corrected chi connectivity index (χ0v) is 48.3. The summed E-state index contributed by atoms with van der Waals surface area (Å²) in [5.74, 6) is -0.837. The summed E-state index contributed by atoms with van der Waals surface area (Å²) in [5.41, 5.74) is 0. The Labute approximate surface area is 443 Å². The number of hydrogen-bond donors (Lipinski definition) is 0. The van der Waals surface area contributed by atoms with Gasteiger partial charge in [-0.1, -0.05) is 315 Å². The van der Waals surface area contributed by atoms with Crippen LogP contribution in [0.5, 0.6) is 0 Å². The summed E-state index contributed by atoms with van der Waals surface area (Å²) < 4.78 is 17.0. The minimum atomic E-state index is -0.767. The minimum absolute atomic E-state index is 0.0646. The molecule has 420 valence electrons. The second kappa shape index (κ2) is 60.7. The molecule has 0 spiro atoms. The van der Waals surface area contributed by atoms with E-state index < -0.39 is 6.10 Å². The van der Waals surface area contributed by atoms with Crippen molar-refractivity contribution in [1.82, 2.24) is 0 Å². The van der Waals surface area contributed by atoms with E-state index in [2.05, 4.69) is 32.9 Å². The van der Waals surface area contributed by atoms with Crippen molar-refractivity contribution >= 4 is 17.9 Å². The molecule has 0 saturated carbocycles. The van der Waals surface area contributed by atoms with Gasteiger partial charge in [0.1, 0.15) is 13.2 Å². The van der Waals surface area contributed by atoms with Gasteiger partial charge in [0, 0.05) is 19.3 Å². The van der Waals surface area contributed by atoms with Crippen molar-refractivity contribution < 1.29 is 28.6 Å². The highest BCUT2D eigenvalue weighted by Gasteiger charge is 2.19. The zero-order valence-electron chi connectivity index (χ0n) is 48.3. The van der Waals surface area contributed by atoms with E-state index in [1.54, 1.807) is 0 Å². The first kappa shape index (κ1) is 69.2. The first-order chi connectivity index (χ1) is 35.0. The molecule has 0 unspecified atom stereocenters. The number of hydrogen-bond acceptors (Lipinski definition) is 6. The van der Waals surface area contributed by atoms with E-state index in [1.165, 1.54) is 270 Å². The predicted octanol–water partition coefficient (Wildman–Crippen LogP) is 21.7. The summed E-state index contributed by atoms with van der Waals surface area (Å²) >= 11 is 0. The Hall–Kier alpha value is -1.85. The number of allylic oxidation sites excluding steroid dienone is 2. The quantitative estimate of drug-likeness (QED) is 0.0261. The van der Waals surface area contributed by atoms with Crippen LogP contribution in [-0.2, 0) is 28.6 Å². The van der Waals surface area contributed by atoms with E-state index in [0.717, 1.165) is 57.8 Å². The highest BCUT2D eigenvalue weighted by atomic mass is 16.6. The van der Waals surface area contributed by atoms with Crippen molar-refractivity contribution in [2.45, 2.75) is 374 Å². The van der Waals surface area contributed by atoms with Gasteiger partial charge in [-0.2, -0.15) is 0 Å². The third kappa shape index (κ3) is 58.9. The standard InChI is InChI=1S/C65H124O6/c1-4-7-10-13-16-19-22-25-28-31-32-35-37-40-43-46-49-52-55-58-64(67)70-61-62(71-65(68)59-56-53-50-47-44-41-38-34-30-27-24-21-18-15-12-9-6-3)60-69-63(66)57-54-51-48-45-42-39-36-33-29-26-23-20-17-14-11-8-5-2/h31-32,62H,4-30,33-61H2,1-3H3/b32-31-/t62-/m1/s1. The molecular formula is C65H124O6. The van der Waals surface area contributed by atoms with Crippen molar-refractivity contribution in [3.8, 4) is 0 Å². The number of carbonyl (C=O) groups is 3. The van der Waals surface area contributed by atoms with E-state index in [0.29, 0.717) is 19.3 Å². The number of esters is 3. The Morgan fingerprint density at radius 1 is 0.268 bits per heavy atom. The van der Waals surface area contributed by atoms with Crippen molar-refractivity contribution in [1.29, 1.82) is 0 Å². The molecule has 0 aromatic heterocycles. The molecule has 0 bridgehead atoms. The van der Waals surface area contributed by atoms with E-state index in [9.17, 15) is 14.4 Å². The monoisotopic (exact) mass is 1000 g/mol. The number of rotatable bonds is 60. The molecule has 0 amide bonds. The van der Waals surface area contributed by atoms with E-state index in [4.69, 9.17) is 14.2 Å². The first-order valence-electron chi connectivity index (χ1n) is 32.2. The highest BCUT2D eigenvalue weighted by molar-refractivity contribution is 5.71. The van der Waals surface area contributed by atoms with E-state index >= 15 is 0 Å². The molecule has 0 aliphatic carbocycles. The lowest BCUT2D eigenvalue weighted by Crippen LogP contribution is -2.30. The summed E-state index contributed by atoms with van der Waals surface area (Å²) in [6, 6.07) is 0. The Morgan fingerprint density at radius 3 is 0.704 bits per heavy atom. The average Bonchev–Trinajstić information content (AvgIpc) is 3.37. The molecule has 0 heterocycles. The van der Waals surface area contributed by atoms with Crippen LogP contribution in [0.3, 0.4) is 0 Å². The summed E-state index contributed by atoms with van der Waals surface area (Å²) in [6.07, 6.45) is 70.7. The van der Waals surface area contributed by atoms with Crippen LogP contribution in [0.2, 0.25) is 0 Å². The number of ether oxygens (including phenoxy) is 3. The molecule has 0 radical (unpaired) electrons. The summed E-state index contributed by atoms with van der Waals surface area (Å²) in [4.78, 5) is 38.3. The fourth-order valence-electron chi connectivity index (χ4n) is 9.91. The van der Waals surface area contributed by atoms with Gasteiger partial charge in [0.25, 0.3) is 0 Å². The molecule has 0 N–H and O–H groups in total. The van der Waals surface area contributed by atoms with Crippen LogP contribution >= 0.6 is 0 Å². The van der Waals surface area contributed by atoms with Gasteiger partial charge < -0.3 is 14.2 Å². The van der Waals surface area contributed by atoms with Crippen molar-refractivity contribution in [3.63, 3.8) is 0 Å². The maximum absolute atomic E-state index is 12.9. The van der Waals surface area contributed by atoms with Crippen molar-refractivity contribution in [2.24, 2.45) is 0 Å². The molecule has 0 aromatic carbocycles. The SMILES string of the molecule is CCCCCCCCCC/C=C\CCCCCCCCCC(=O)OC[C@@H](COC(=O)CCCCCCCCCCCCCCCCCCC)OC(=O)CCCCCCCCCCCCCCCCCCC. The second-order valence-corrected chi connectivity index (χ2v) is 22.0. The predicted molar refractivity (Wildman–Crippen MR) is 307 cm³/mol. The Balaban J connectivity index is 4.30. The van der Waals surface area contributed by atoms with Gasteiger partial charge in [-0.15, -0.1) is 0 Å². The second-order valence-electron chi connectivity index (χ2n) is 22.0. The molecular weight excluding hydrogens is 877 g/mol. The molecule has 0 rings (SSSR count). The summed E-state index contributed by atoms with van der Waals surface area (Å²) in [7, 11) is 0. The van der Waals surface area contributed by atoms with E-state index in [-0.39, 0.29) is 31.1 Å². The Bertz CT molecular complexity index is 1100. The van der Waals surface area contributed by atoms with Gasteiger partial charge in [-0.3, -0.25) is 14.4 Å². The molecule has 0 aliphatic heterocycles. The molecule has 1 atom stereocenters. The lowest BCUT2D eigenvalue weighted by molar-refractivity contribution is -0.167. The average molecular weight is 1000 g/mol. The third-order valence-corrected chi connectivity index (χ3v) is 14.8. The maximum Gasteiger partial charge on any atom is 0.306 e. The lowest BCUT2D eigenvalue weighted by atomic mass is 10.0. The van der Waals surface area contributed by atoms with Gasteiger partial charge in [0.2, 0.25) is 0 Å². The molecule has 0 aliphatic rings. The highest BCUT2D eigenvalue weighted by Crippen LogP contribution is 2.18. The van der Waals surface area contributed by atoms with Crippen LogP contribution in [0.15, 0.2) is 12.2 Å².